The van der Waals surface area contributed by atoms with Crippen molar-refractivity contribution in [3.8, 4) is 17.2 Å². The summed E-state index contributed by atoms with van der Waals surface area (Å²) < 4.78 is 52.5. The van der Waals surface area contributed by atoms with Crippen molar-refractivity contribution in [2.24, 2.45) is 0 Å². The number of aromatic nitrogens is 1. The van der Waals surface area contributed by atoms with Crippen molar-refractivity contribution in [1.82, 2.24) is 10.3 Å². The molecule has 0 spiro atoms. The topological polar surface area (TPSA) is 102 Å². The number of carbonyl (C=O) groups is 2. The lowest BCUT2D eigenvalue weighted by Gasteiger charge is -2.19. The molecule has 2 aromatic carbocycles. The maximum atomic E-state index is 13.8. The Morgan fingerprint density at radius 3 is 2.86 bits per heavy atom. The second kappa shape index (κ2) is 7.90. The van der Waals surface area contributed by atoms with Crippen molar-refractivity contribution in [2.45, 2.75) is 30.9 Å². The smallest absolute Gasteiger partial charge is 0.319 e. The molecule has 1 aromatic heterocycles. The zero-order chi connectivity index (χ0) is 24.3. The molecular formula is C24H17F3N4O4. The van der Waals surface area contributed by atoms with Crippen LogP contribution in [0.25, 0.3) is 0 Å². The summed E-state index contributed by atoms with van der Waals surface area (Å²) in [5.74, 6) is -1.73. The van der Waals surface area contributed by atoms with Crippen molar-refractivity contribution >= 4 is 23.4 Å². The van der Waals surface area contributed by atoms with Crippen LogP contribution in [0.4, 0.5) is 29.5 Å². The summed E-state index contributed by atoms with van der Waals surface area (Å²) in [4.78, 5) is 28.1. The molecule has 11 heteroatoms. The van der Waals surface area contributed by atoms with Gasteiger partial charge < -0.3 is 25.4 Å². The molecule has 3 amide bonds. The number of hydrogen-bond donors (Lipinski definition) is 3. The number of hydrogen-bond acceptors (Lipinski definition) is 5. The SMILES string of the molecule is O=C1CCc2c(Oc3ccc4c(c3)[C@H]3[C@@H](NC(=O)Nc5cc(F)cc(F)c5F)[C@H]3O4)ccnc2N1. The lowest BCUT2D eigenvalue weighted by atomic mass is 10.1. The van der Waals surface area contributed by atoms with Gasteiger partial charge in [0.2, 0.25) is 5.91 Å². The minimum absolute atomic E-state index is 0.0931. The molecule has 3 aromatic rings. The van der Waals surface area contributed by atoms with E-state index < -0.39 is 35.2 Å². The fourth-order valence-electron chi connectivity index (χ4n) is 4.51. The molecule has 0 bridgehead atoms. The fourth-order valence-corrected chi connectivity index (χ4v) is 4.51. The molecule has 1 saturated carbocycles. The van der Waals surface area contributed by atoms with Crippen molar-refractivity contribution < 1.29 is 32.2 Å². The van der Waals surface area contributed by atoms with Crippen LogP contribution in [0.1, 0.15) is 23.5 Å². The number of rotatable bonds is 4. The van der Waals surface area contributed by atoms with Gasteiger partial charge in [0.25, 0.3) is 0 Å². The Morgan fingerprint density at radius 1 is 1.14 bits per heavy atom. The van der Waals surface area contributed by atoms with Crippen LogP contribution in [-0.4, -0.2) is 29.1 Å². The third-order valence-electron chi connectivity index (χ3n) is 6.20. The van der Waals surface area contributed by atoms with Crippen LogP contribution in [0.15, 0.2) is 42.6 Å². The average Bonchev–Trinajstić information content (AvgIpc) is 3.33. The van der Waals surface area contributed by atoms with Gasteiger partial charge in [-0.1, -0.05) is 0 Å². The van der Waals surface area contributed by atoms with E-state index in [0.717, 1.165) is 11.1 Å². The molecule has 6 rings (SSSR count). The molecule has 2 aliphatic heterocycles. The molecule has 178 valence electrons. The van der Waals surface area contributed by atoms with Gasteiger partial charge in [-0.3, -0.25) is 4.79 Å². The summed E-state index contributed by atoms with van der Waals surface area (Å²) in [5, 5.41) is 7.51. The van der Waals surface area contributed by atoms with Crippen molar-refractivity contribution in [3.63, 3.8) is 0 Å². The third-order valence-corrected chi connectivity index (χ3v) is 6.20. The maximum absolute atomic E-state index is 13.8. The fraction of sp³-hybridized carbons (Fsp3) is 0.208. The summed E-state index contributed by atoms with van der Waals surface area (Å²) in [6.07, 6.45) is 2.10. The summed E-state index contributed by atoms with van der Waals surface area (Å²) in [6.45, 7) is 0. The summed E-state index contributed by atoms with van der Waals surface area (Å²) in [7, 11) is 0. The van der Waals surface area contributed by atoms with E-state index in [4.69, 9.17) is 9.47 Å². The largest absolute Gasteiger partial charge is 0.487 e. The molecule has 0 unspecified atom stereocenters. The van der Waals surface area contributed by atoms with Gasteiger partial charge in [-0.2, -0.15) is 0 Å². The standard InChI is InChI=1S/C24H17F3N4O4/c25-10-7-14(26)20(27)15(8-10)29-24(33)31-21-19-13-9-11(1-3-16(13)35-22(19)21)34-17-5-6-28-23-12(17)2-4-18(32)30-23/h1,3,5-9,19,21-22H,2,4H2,(H,28,30,32)(H2,29,31,33)/t19-,21+,22-/m0/s1. The number of benzene rings is 2. The van der Waals surface area contributed by atoms with Crippen LogP contribution >= 0.6 is 0 Å². The van der Waals surface area contributed by atoms with Crippen LogP contribution in [0.5, 0.6) is 17.2 Å². The highest BCUT2D eigenvalue weighted by molar-refractivity contribution is 5.93. The number of carbonyl (C=O) groups excluding carboxylic acids is 2. The van der Waals surface area contributed by atoms with E-state index in [1.54, 1.807) is 24.4 Å². The molecular weight excluding hydrogens is 465 g/mol. The first-order chi connectivity index (χ1) is 16.9. The van der Waals surface area contributed by atoms with E-state index in [-0.39, 0.29) is 17.9 Å². The first-order valence-corrected chi connectivity index (χ1v) is 10.9. The lowest BCUT2D eigenvalue weighted by molar-refractivity contribution is -0.116. The summed E-state index contributed by atoms with van der Waals surface area (Å²) in [6, 6.07) is 6.96. The molecule has 1 aliphatic carbocycles. The van der Waals surface area contributed by atoms with Gasteiger partial charge in [-0.05, 0) is 30.7 Å². The second-order valence-corrected chi connectivity index (χ2v) is 8.47. The van der Waals surface area contributed by atoms with Crippen LogP contribution in [0.2, 0.25) is 0 Å². The molecule has 3 N–H and O–H groups in total. The molecule has 35 heavy (non-hydrogen) atoms. The van der Waals surface area contributed by atoms with E-state index in [2.05, 4.69) is 20.9 Å². The van der Waals surface area contributed by atoms with Gasteiger partial charge in [0, 0.05) is 35.9 Å². The van der Waals surface area contributed by atoms with Crippen LogP contribution < -0.4 is 25.4 Å². The van der Waals surface area contributed by atoms with Crippen LogP contribution in [0.3, 0.4) is 0 Å². The highest BCUT2D eigenvalue weighted by Gasteiger charge is 2.59. The Labute approximate surface area is 196 Å². The summed E-state index contributed by atoms with van der Waals surface area (Å²) >= 11 is 0. The van der Waals surface area contributed by atoms with Gasteiger partial charge in [0.05, 0.1) is 17.6 Å². The molecule has 3 heterocycles. The van der Waals surface area contributed by atoms with Crippen molar-refractivity contribution in [3.05, 3.63) is 71.2 Å². The molecule has 0 saturated heterocycles. The van der Waals surface area contributed by atoms with Crippen molar-refractivity contribution in [2.75, 3.05) is 10.6 Å². The Morgan fingerprint density at radius 2 is 2.00 bits per heavy atom. The number of urea groups is 1. The number of pyridine rings is 1. The molecule has 3 aliphatic rings. The molecule has 8 nitrogen and oxygen atoms in total. The first kappa shape index (κ1) is 21.3. The van der Waals surface area contributed by atoms with E-state index in [1.165, 1.54) is 0 Å². The molecule has 1 fully saturated rings. The van der Waals surface area contributed by atoms with Gasteiger partial charge in [-0.15, -0.1) is 0 Å². The minimum atomic E-state index is -1.40. The third kappa shape index (κ3) is 3.78. The van der Waals surface area contributed by atoms with Gasteiger partial charge in [0.1, 0.15) is 35.0 Å². The maximum Gasteiger partial charge on any atom is 0.319 e. The Hall–Kier alpha value is -4.28. The Bertz CT molecular complexity index is 1400. The predicted molar refractivity (Wildman–Crippen MR) is 117 cm³/mol. The average molecular weight is 482 g/mol. The first-order valence-electron chi connectivity index (χ1n) is 10.9. The quantitative estimate of drug-likeness (QED) is 0.484. The number of fused-ring (bicyclic) bond motifs is 4. The number of halogens is 3. The second-order valence-electron chi connectivity index (χ2n) is 8.47. The van der Waals surface area contributed by atoms with E-state index in [9.17, 15) is 22.8 Å². The lowest BCUT2D eigenvalue weighted by Crippen LogP contribution is -2.34. The monoisotopic (exact) mass is 482 g/mol. The molecule has 0 radical (unpaired) electrons. The van der Waals surface area contributed by atoms with Gasteiger partial charge in [-0.25, -0.2) is 22.9 Å². The minimum Gasteiger partial charge on any atom is -0.487 e. The van der Waals surface area contributed by atoms with Crippen molar-refractivity contribution in [1.29, 1.82) is 0 Å². The zero-order valence-electron chi connectivity index (χ0n) is 17.9. The highest BCUT2D eigenvalue weighted by atomic mass is 19.2. The van der Waals surface area contributed by atoms with E-state index >= 15 is 0 Å². The number of nitrogens with one attached hydrogen (secondary N) is 3. The van der Waals surface area contributed by atoms with Gasteiger partial charge >= 0.3 is 6.03 Å². The van der Waals surface area contributed by atoms with E-state index in [1.807, 2.05) is 6.07 Å². The highest BCUT2D eigenvalue weighted by Crippen LogP contribution is 2.54. The number of anilines is 2. The molecule has 3 atom stereocenters. The Kier molecular flexibility index (Phi) is 4.80. The van der Waals surface area contributed by atoms with Crippen LogP contribution in [0, 0.1) is 17.5 Å². The number of nitrogens with zero attached hydrogens (tertiary/aromatic N) is 1. The summed E-state index contributed by atoms with van der Waals surface area (Å²) in [5.41, 5.74) is 1.04. The Balaban J connectivity index is 1.15. The van der Waals surface area contributed by atoms with Crippen LogP contribution in [-0.2, 0) is 11.2 Å². The number of ether oxygens (including phenoxy) is 2. The number of amides is 3. The predicted octanol–water partition coefficient (Wildman–Crippen LogP) is 4.22. The zero-order valence-corrected chi connectivity index (χ0v) is 17.9. The van der Waals surface area contributed by atoms with Gasteiger partial charge in [0.15, 0.2) is 11.6 Å². The van der Waals surface area contributed by atoms with E-state index in [0.29, 0.717) is 48.0 Å². The normalized spacial score (nSPS) is 21.1.